The van der Waals surface area contributed by atoms with Crippen LogP contribution in [-0.4, -0.2) is 47.6 Å². The van der Waals surface area contributed by atoms with Crippen LogP contribution in [0.15, 0.2) is 4.99 Å². The monoisotopic (exact) mass is 423 g/mol. The largest absolute Gasteiger partial charge is 0.477 e. The summed E-state index contributed by atoms with van der Waals surface area (Å²) in [4.78, 5) is 16.0. The van der Waals surface area contributed by atoms with Gasteiger partial charge in [0.15, 0.2) is 12.4 Å². The molecule has 4 nitrogen and oxygen atoms in total. The van der Waals surface area contributed by atoms with Gasteiger partial charge in [-0.1, -0.05) is 110 Å². The third-order valence-electron chi connectivity index (χ3n) is 6.71. The average molecular weight is 424 g/mol. The van der Waals surface area contributed by atoms with Crippen LogP contribution in [0.25, 0.3) is 0 Å². The molecule has 1 atom stereocenters. The highest BCUT2D eigenvalue weighted by Gasteiger charge is 2.38. The minimum absolute atomic E-state index is 0.214. The van der Waals surface area contributed by atoms with Gasteiger partial charge in [0, 0.05) is 6.42 Å². The Labute approximate surface area is 187 Å². The van der Waals surface area contributed by atoms with E-state index in [1.54, 1.807) is 0 Å². The maximum atomic E-state index is 11.3. The van der Waals surface area contributed by atoms with E-state index in [1.807, 2.05) is 0 Å². The highest BCUT2D eigenvalue weighted by molar-refractivity contribution is 5.80. The van der Waals surface area contributed by atoms with Crippen LogP contribution >= 0.6 is 0 Å². The maximum Gasteiger partial charge on any atom is 0.359 e. The number of nitrogens with zero attached hydrogens (tertiary/aromatic N) is 2. The topological polar surface area (TPSA) is 49.7 Å². The maximum absolute atomic E-state index is 11.3. The van der Waals surface area contributed by atoms with Gasteiger partial charge in [-0.2, -0.15) is 0 Å². The van der Waals surface area contributed by atoms with Crippen LogP contribution in [0.3, 0.4) is 0 Å². The summed E-state index contributed by atoms with van der Waals surface area (Å²) in [5.74, 6) is 0.467. The van der Waals surface area contributed by atoms with E-state index in [4.69, 9.17) is 4.99 Å². The second kappa shape index (κ2) is 17.7. The molecule has 0 aliphatic carbocycles. The zero-order valence-electron chi connectivity index (χ0n) is 20.3. The molecule has 0 aromatic heterocycles. The number of rotatable bonds is 21. The molecule has 1 rings (SSSR count). The van der Waals surface area contributed by atoms with E-state index in [0.717, 1.165) is 38.3 Å². The SMILES string of the molecule is CCCCCCCCCCCCCCCCCCC1=NCC[N+]1(CCC)CC(=O)O. The van der Waals surface area contributed by atoms with Gasteiger partial charge in [0.25, 0.3) is 0 Å². The number of aliphatic carboxylic acids is 1. The van der Waals surface area contributed by atoms with E-state index in [2.05, 4.69) is 13.8 Å². The lowest BCUT2D eigenvalue weighted by atomic mass is 10.0. The molecule has 0 fully saturated rings. The molecule has 0 saturated heterocycles. The van der Waals surface area contributed by atoms with Gasteiger partial charge >= 0.3 is 5.97 Å². The first-order chi connectivity index (χ1) is 14.6. The molecule has 0 bridgehead atoms. The number of carboxylic acid groups (broad SMARTS) is 1. The van der Waals surface area contributed by atoms with Crippen LogP contribution in [-0.2, 0) is 4.79 Å². The van der Waals surface area contributed by atoms with Crippen LogP contribution in [0, 0.1) is 0 Å². The molecule has 0 saturated carbocycles. The van der Waals surface area contributed by atoms with Crippen molar-refractivity contribution in [1.82, 2.24) is 0 Å². The fraction of sp³-hybridized carbons (Fsp3) is 0.923. The summed E-state index contributed by atoms with van der Waals surface area (Å²) < 4.78 is 0.616. The standard InChI is InChI=1S/C26H50N2O2/c1-3-5-6-7-8-9-10-11-12-13-14-15-16-17-18-19-20-25-27-21-23-28(25,22-4-2)24-26(29)30/h3-24H2,1-2H3/p+1. The number of amidine groups is 1. The van der Waals surface area contributed by atoms with E-state index >= 15 is 0 Å². The lowest BCUT2D eigenvalue weighted by molar-refractivity contribution is -0.828. The number of hydrogen-bond acceptors (Lipinski definition) is 2. The molecule has 1 aliphatic heterocycles. The zero-order valence-corrected chi connectivity index (χ0v) is 20.3. The van der Waals surface area contributed by atoms with Crippen LogP contribution < -0.4 is 0 Å². The van der Waals surface area contributed by atoms with Gasteiger partial charge in [-0.25, -0.2) is 9.79 Å². The van der Waals surface area contributed by atoms with Gasteiger partial charge in [-0.3, -0.25) is 4.48 Å². The first-order valence-corrected chi connectivity index (χ1v) is 13.3. The third kappa shape index (κ3) is 12.1. The highest BCUT2D eigenvalue weighted by Crippen LogP contribution is 2.21. The number of aliphatic imine (C=N–C) groups is 1. The van der Waals surface area contributed by atoms with Crippen molar-refractivity contribution in [3.05, 3.63) is 0 Å². The minimum Gasteiger partial charge on any atom is -0.477 e. The van der Waals surface area contributed by atoms with Crippen LogP contribution in [0.5, 0.6) is 0 Å². The lowest BCUT2D eigenvalue weighted by Crippen LogP contribution is -2.54. The molecule has 0 spiro atoms. The number of hydrogen-bond donors (Lipinski definition) is 1. The summed E-state index contributed by atoms with van der Waals surface area (Å²) in [5, 5.41) is 9.33. The number of carbonyl (C=O) groups is 1. The first kappa shape index (κ1) is 27.1. The summed E-state index contributed by atoms with van der Waals surface area (Å²) in [6.07, 6.45) is 24.1. The van der Waals surface area contributed by atoms with Gasteiger partial charge in [-0.15, -0.1) is 0 Å². The molecule has 1 N–H and O–H groups in total. The van der Waals surface area contributed by atoms with E-state index < -0.39 is 5.97 Å². The second-order valence-corrected chi connectivity index (χ2v) is 9.50. The fourth-order valence-corrected chi connectivity index (χ4v) is 4.97. The van der Waals surface area contributed by atoms with Gasteiger partial charge in [0.2, 0.25) is 0 Å². The van der Waals surface area contributed by atoms with Crippen molar-refractivity contribution in [3.63, 3.8) is 0 Å². The summed E-state index contributed by atoms with van der Waals surface area (Å²) in [7, 11) is 0. The first-order valence-electron chi connectivity index (χ1n) is 13.3. The van der Waals surface area contributed by atoms with Crippen molar-refractivity contribution >= 4 is 11.8 Å². The molecular formula is C26H51N2O2+. The number of quaternary nitrogens is 1. The predicted octanol–water partition coefficient (Wildman–Crippen LogP) is 7.36. The highest BCUT2D eigenvalue weighted by atomic mass is 16.4. The quantitative estimate of drug-likeness (QED) is 0.155. The Morgan fingerprint density at radius 1 is 0.767 bits per heavy atom. The Balaban J connectivity index is 1.95. The average Bonchev–Trinajstić information content (AvgIpc) is 3.09. The molecule has 176 valence electrons. The van der Waals surface area contributed by atoms with E-state index in [-0.39, 0.29) is 6.54 Å². The fourth-order valence-electron chi connectivity index (χ4n) is 4.97. The molecule has 1 heterocycles. The molecule has 30 heavy (non-hydrogen) atoms. The Kier molecular flexibility index (Phi) is 16.1. The molecule has 0 aromatic carbocycles. The zero-order chi connectivity index (χ0) is 21.9. The van der Waals surface area contributed by atoms with Gasteiger partial charge in [-0.05, 0) is 12.8 Å². The van der Waals surface area contributed by atoms with Crippen molar-refractivity contribution in [1.29, 1.82) is 0 Å². The summed E-state index contributed by atoms with van der Waals surface area (Å²) in [5.41, 5.74) is 0. The van der Waals surface area contributed by atoms with Crippen LogP contribution in [0.4, 0.5) is 0 Å². The van der Waals surface area contributed by atoms with E-state index in [1.165, 1.54) is 103 Å². The number of carboxylic acids is 1. The Hall–Kier alpha value is -0.900. The summed E-state index contributed by atoms with van der Waals surface area (Å²) in [6, 6.07) is 0. The van der Waals surface area contributed by atoms with Crippen molar-refractivity contribution in [2.24, 2.45) is 4.99 Å². The molecule has 0 radical (unpaired) electrons. The number of unbranched alkanes of at least 4 members (excludes halogenated alkanes) is 15. The summed E-state index contributed by atoms with van der Waals surface area (Å²) in [6.45, 7) is 7.25. The molecule has 1 unspecified atom stereocenters. The van der Waals surface area contributed by atoms with Gasteiger partial charge < -0.3 is 5.11 Å². The van der Waals surface area contributed by atoms with E-state index in [9.17, 15) is 9.90 Å². The lowest BCUT2D eigenvalue weighted by Gasteiger charge is -2.33. The Morgan fingerprint density at radius 2 is 1.23 bits per heavy atom. The normalized spacial score (nSPS) is 18.7. The smallest absolute Gasteiger partial charge is 0.359 e. The molecule has 0 aromatic rings. The van der Waals surface area contributed by atoms with Gasteiger partial charge in [0.05, 0.1) is 13.1 Å². The van der Waals surface area contributed by atoms with Crippen LogP contribution in [0.2, 0.25) is 0 Å². The van der Waals surface area contributed by atoms with Crippen molar-refractivity contribution in [3.8, 4) is 0 Å². The van der Waals surface area contributed by atoms with Crippen molar-refractivity contribution in [2.75, 3.05) is 26.2 Å². The molecule has 0 amide bonds. The van der Waals surface area contributed by atoms with Crippen molar-refractivity contribution in [2.45, 2.75) is 129 Å². The second-order valence-electron chi connectivity index (χ2n) is 9.50. The third-order valence-corrected chi connectivity index (χ3v) is 6.71. The minimum atomic E-state index is -0.690. The Morgan fingerprint density at radius 3 is 1.67 bits per heavy atom. The van der Waals surface area contributed by atoms with Crippen molar-refractivity contribution < 1.29 is 14.4 Å². The Bertz CT molecular complexity index is 464. The van der Waals surface area contributed by atoms with Gasteiger partial charge in [0.1, 0.15) is 6.54 Å². The van der Waals surface area contributed by atoms with Crippen LogP contribution in [0.1, 0.15) is 129 Å². The molecule has 4 heteroatoms. The molecule has 1 aliphatic rings. The molecular weight excluding hydrogens is 372 g/mol. The predicted molar refractivity (Wildman–Crippen MR) is 129 cm³/mol. The summed E-state index contributed by atoms with van der Waals surface area (Å²) >= 11 is 0. The van der Waals surface area contributed by atoms with E-state index in [0.29, 0.717) is 4.48 Å².